The summed E-state index contributed by atoms with van der Waals surface area (Å²) in [6, 6.07) is 8.74. The minimum Gasteiger partial charge on any atom is -0.310 e. The highest BCUT2D eigenvalue weighted by Crippen LogP contribution is 2.23. The fraction of sp³-hybridized carbons (Fsp3) is 0.357. The van der Waals surface area contributed by atoms with Crippen LogP contribution in [0, 0.1) is 0 Å². The summed E-state index contributed by atoms with van der Waals surface area (Å²) in [6.07, 6.45) is 2.08. The van der Waals surface area contributed by atoms with Gasteiger partial charge in [0.25, 0.3) is 0 Å². The van der Waals surface area contributed by atoms with E-state index in [4.69, 9.17) is 0 Å². The van der Waals surface area contributed by atoms with Gasteiger partial charge >= 0.3 is 0 Å². The Balaban J connectivity index is 2.29. The van der Waals surface area contributed by atoms with E-state index in [1.807, 2.05) is 23.9 Å². The molecule has 1 aromatic carbocycles. The van der Waals surface area contributed by atoms with Crippen molar-refractivity contribution in [1.82, 2.24) is 15.1 Å². The molecule has 0 fully saturated rings. The average molecular weight is 308 g/mol. The van der Waals surface area contributed by atoms with Crippen molar-refractivity contribution in [2.75, 3.05) is 0 Å². The van der Waals surface area contributed by atoms with Gasteiger partial charge in [0.2, 0.25) is 0 Å². The molecule has 2 aromatic rings. The number of benzene rings is 1. The van der Waals surface area contributed by atoms with Crippen LogP contribution in [-0.4, -0.2) is 15.8 Å². The molecule has 0 atom stereocenters. The number of halogens is 1. The van der Waals surface area contributed by atoms with Gasteiger partial charge in [-0.1, -0.05) is 41.9 Å². The molecule has 0 aliphatic carbocycles. The zero-order valence-corrected chi connectivity index (χ0v) is 12.5. The maximum Gasteiger partial charge on any atom is 0.0967 e. The average Bonchev–Trinajstić information content (AvgIpc) is 2.69. The first-order chi connectivity index (χ1) is 8.56. The Labute approximate surface area is 116 Å². The molecular formula is C14H18BrN3. The van der Waals surface area contributed by atoms with E-state index in [-0.39, 0.29) is 0 Å². The summed E-state index contributed by atoms with van der Waals surface area (Å²) < 4.78 is 2.96. The van der Waals surface area contributed by atoms with Crippen LogP contribution in [-0.2, 0) is 13.6 Å². The summed E-state index contributed by atoms with van der Waals surface area (Å²) in [4.78, 5) is 0. The van der Waals surface area contributed by atoms with E-state index in [1.165, 1.54) is 5.56 Å². The molecule has 2 rings (SSSR count). The molecule has 96 valence electrons. The highest BCUT2D eigenvalue weighted by atomic mass is 79.9. The minimum absolute atomic E-state index is 0.475. The third kappa shape index (κ3) is 3.21. The van der Waals surface area contributed by atoms with Crippen molar-refractivity contribution in [2.24, 2.45) is 7.05 Å². The van der Waals surface area contributed by atoms with Crippen LogP contribution in [0.3, 0.4) is 0 Å². The lowest BCUT2D eigenvalue weighted by molar-refractivity contribution is 0.589. The van der Waals surface area contributed by atoms with Gasteiger partial charge < -0.3 is 5.32 Å². The summed E-state index contributed by atoms with van der Waals surface area (Å²) in [5, 5.41) is 7.98. The molecule has 1 N–H and O–H groups in total. The number of aromatic nitrogens is 2. The van der Waals surface area contributed by atoms with E-state index in [9.17, 15) is 0 Å². The van der Waals surface area contributed by atoms with Crippen LogP contribution < -0.4 is 5.32 Å². The number of rotatable bonds is 4. The Kier molecular flexibility index (Phi) is 4.19. The Morgan fingerprint density at radius 1 is 1.28 bits per heavy atom. The van der Waals surface area contributed by atoms with Crippen molar-refractivity contribution >= 4 is 15.9 Å². The predicted molar refractivity (Wildman–Crippen MR) is 78.3 cm³/mol. The van der Waals surface area contributed by atoms with Crippen molar-refractivity contribution in [3.8, 4) is 11.3 Å². The molecule has 1 aromatic heterocycles. The molecule has 1 heterocycles. The van der Waals surface area contributed by atoms with E-state index in [2.05, 4.69) is 58.5 Å². The topological polar surface area (TPSA) is 29.9 Å². The quantitative estimate of drug-likeness (QED) is 0.939. The lowest BCUT2D eigenvalue weighted by atomic mass is 10.1. The van der Waals surface area contributed by atoms with Crippen LogP contribution in [0.5, 0.6) is 0 Å². The molecule has 0 bridgehead atoms. The van der Waals surface area contributed by atoms with Crippen LogP contribution in [0.15, 0.2) is 34.9 Å². The van der Waals surface area contributed by atoms with Gasteiger partial charge in [0.05, 0.1) is 5.69 Å². The van der Waals surface area contributed by atoms with Gasteiger partial charge in [-0.25, -0.2) is 0 Å². The SMILES string of the molecule is CC(C)NCc1cn(C)nc1-c1ccc(Br)cc1. The van der Waals surface area contributed by atoms with Crippen molar-refractivity contribution in [1.29, 1.82) is 0 Å². The van der Waals surface area contributed by atoms with Gasteiger partial charge in [0, 0.05) is 41.4 Å². The third-order valence-corrected chi connectivity index (χ3v) is 3.25. The van der Waals surface area contributed by atoms with E-state index < -0.39 is 0 Å². The maximum atomic E-state index is 4.55. The number of nitrogens with one attached hydrogen (secondary N) is 1. The fourth-order valence-electron chi connectivity index (χ4n) is 1.83. The van der Waals surface area contributed by atoms with Crippen LogP contribution in [0.1, 0.15) is 19.4 Å². The molecule has 0 saturated heterocycles. The lowest BCUT2D eigenvalue weighted by Crippen LogP contribution is -2.21. The lowest BCUT2D eigenvalue weighted by Gasteiger charge is -2.08. The predicted octanol–water partition coefficient (Wildman–Crippen LogP) is 3.35. The molecule has 0 unspecified atom stereocenters. The molecule has 0 spiro atoms. The van der Waals surface area contributed by atoms with Crippen LogP contribution in [0.2, 0.25) is 0 Å². The first kappa shape index (κ1) is 13.3. The Morgan fingerprint density at radius 2 is 1.94 bits per heavy atom. The molecule has 0 aliphatic rings. The Hall–Kier alpha value is -1.13. The smallest absolute Gasteiger partial charge is 0.0967 e. The third-order valence-electron chi connectivity index (χ3n) is 2.72. The molecule has 0 amide bonds. The van der Waals surface area contributed by atoms with Crippen LogP contribution in [0.25, 0.3) is 11.3 Å². The van der Waals surface area contributed by atoms with Crippen LogP contribution >= 0.6 is 15.9 Å². The van der Waals surface area contributed by atoms with Crippen molar-refractivity contribution in [3.63, 3.8) is 0 Å². The Morgan fingerprint density at radius 3 is 2.56 bits per heavy atom. The van der Waals surface area contributed by atoms with E-state index in [0.29, 0.717) is 6.04 Å². The summed E-state index contributed by atoms with van der Waals surface area (Å²) in [7, 11) is 1.96. The second kappa shape index (κ2) is 5.67. The number of nitrogens with zero attached hydrogens (tertiary/aromatic N) is 2. The van der Waals surface area contributed by atoms with Gasteiger partial charge in [0.1, 0.15) is 0 Å². The first-order valence-corrected chi connectivity index (χ1v) is 6.87. The zero-order valence-electron chi connectivity index (χ0n) is 10.9. The van der Waals surface area contributed by atoms with E-state index >= 15 is 0 Å². The van der Waals surface area contributed by atoms with E-state index in [1.54, 1.807) is 0 Å². The monoisotopic (exact) mass is 307 g/mol. The van der Waals surface area contributed by atoms with Crippen molar-refractivity contribution in [2.45, 2.75) is 26.4 Å². The molecule has 3 nitrogen and oxygen atoms in total. The van der Waals surface area contributed by atoms with Gasteiger partial charge in [-0.05, 0) is 12.1 Å². The van der Waals surface area contributed by atoms with Crippen LogP contribution in [0.4, 0.5) is 0 Å². The minimum atomic E-state index is 0.475. The first-order valence-electron chi connectivity index (χ1n) is 6.08. The van der Waals surface area contributed by atoms with E-state index in [0.717, 1.165) is 22.3 Å². The fourth-order valence-corrected chi connectivity index (χ4v) is 2.10. The normalized spacial score (nSPS) is 11.2. The number of aryl methyl sites for hydroxylation is 1. The molecule has 0 saturated carbocycles. The second-order valence-corrected chi connectivity index (χ2v) is 5.63. The second-order valence-electron chi connectivity index (χ2n) is 4.72. The molecule has 4 heteroatoms. The zero-order chi connectivity index (χ0) is 13.1. The summed E-state index contributed by atoms with van der Waals surface area (Å²) in [5.74, 6) is 0. The summed E-state index contributed by atoms with van der Waals surface area (Å²) >= 11 is 3.45. The van der Waals surface area contributed by atoms with Crippen molar-refractivity contribution < 1.29 is 0 Å². The standard InChI is InChI=1S/C14H18BrN3/c1-10(2)16-8-12-9-18(3)17-14(12)11-4-6-13(15)7-5-11/h4-7,9-10,16H,8H2,1-3H3. The van der Waals surface area contributed by atoms with Gasteiger partial charge in [0.15, 0.2) is 0 Å². The van der Waals surface area contributed by atoms with Gasteiger partial charge in [-0.2, -0.15) is 5.10 Å². The number of hydrogen-bond acceptors (Lipinski definition) is 2. The summed E-state index contributed by atoms with van der Waals surface area (Å²) in [5.41, 5.74) is 3.44. The summed E-state index contributed by atoms with van der Waals surface area (Å²) in [6.45, 7) is 5.14. The highest BCUT2D eigenvalue weighted by Gasteiger charge is 2.10. The number of hydrogen-bond donors (Lipinski definition) is 1. The molecule has 0 radical (unpaired) electrons. The largest absolute Gasteiger partial charge is 0.310 e. The molecule has 18 heavy (non-hydrogen) atoms. The highest BCUT2D eigenvalue weighted by molar-refractivity contribution is 9.10. The van der Waals surface area contributed by atoms with Gasteiger partial charge in [-0.3, -0.25) is 4.68 Å². The van der Waals surface area contributed by atoms with Crippen molar-refractivity contribution in [3.05, 3.63) is 40.5 Å². The molecule has 0 aliphatic heterocycles. The maximum absolute atomic E-state index is 4.55. The van der Waals surface area contributed by atoms with Gasteiger partial charge in [-0.15, -0.1) is 0 Å². The molecular weight excluding hydrogens is 290 g/mol. The Bertz CT molecular complexity index is 514.